The summed E-state index contributed by atoms with van der Waals surface area (Å²) in [5, 5.41) is 6.50. The molecule has 2 aromatic rings. The summed E-state index contributed by atoms with van der Waals surface area (Å²) in [4.78, 5) is 12.5. The van der Waals surface area contributed by atoms with Crippen molar-refractivity contribution in [2.45, 2.75) is 70.9 Å². The molecule has 2 aliphatic rings. The summed E-state index contributed by atoms with van der Waals surface area (Å²) in [7, 11) is 0. The largest absolute Gasteiger partial charge is 0.349 e. The van der Waals surface area contributed by atoms with E-state index in [4.69, 9.17) is 11.6 Å². The second-order valence-corrected chi connectivity index (χ2v) is 8.83. The van der Waals surface area contributed by atoms with Gasteiger partial charge in [0.15, 0.2) is 11.6 Å². The first-order chi connectivity index (χ1) is 14.4. The SMILES string of the molecule is Cc1c(F)c(F)c(Cl)c(C(=O)NC2CCC(Cn3ncc4c3CCCC4)CC2)c1F. The van der Waals surface area contributed by atoms with Crippen LogP contribution in [0.25, 0.3) is 0 Å². The Morgan fingerprint density at radius 1 is 1.13 bits per heavy atom. The summed E-state index contributed by atoms with van der Waals surface area (Å²) in [6.07, 6.45) is 9.91. The normalized spacial score (nSPS) is 21.4. The predicted molar refractivity (Wildman–Crippen MR) is 108 cm³/mol. The second-order valence-electron chi connectivity index (χ2n) is 8.45. The zero-order valence-corrected chi connectivity index (χ0v) is 17.7. The Balaban J connectivity index is 1.36. The van der Waals surface area contributed by atoms with Crippen molar-refractivity contribution in [1.29, 1.82) is 0 Å². The van der Waals surface area contributed by atoms with Crippen molar-refractivity contribution < 1.29 is 18.0 Å². The lowest BCUT2D eigenvalue weighted by molar-refractivity contribution is 0.0915. The maximum absolute atomic E-state index is 14.4. The number of carbonyl (C=O) groups excluding carboxylic acids is 1. The van der Waals surface area contributed by atoms with Gasteiger partial charge >= 0.3 is 0 Å². The van der Waals surface area contributed by atoms with Gasteiger partial charge in [0.25, 0.3) is 5.91 Å². The Labute approximate surface area is 178 Å². The van der Waals surface area contributed by atoms with Gasteiger partial charge in [0.2, 0.25) is 0 Å². The molecule has 2 aliphatic carbocycles. The maximum Gasteiger partial charge on any atom is 0.256 e. The number of nitrogens with one attached hydrogen (secondary N) is 1. The number of aryl methyl sites for hydroxylation is 1. The Bertz CT molecular complexity index is 938. The number of nitrogens with zero attached hydrogens (tertiary/aromatic N) is 2. The van der Waals surface area contributed by atoms with E-state index in [0.29, 0.717) is 5.92 Å². The van der Waals surface area contributed by atoms with E-state index in [2.05, 4.69) is 15.1 Å². The van der Waals surface area contributed by atoms with E-state index in [0.717, 1.165) is 52.0 Å². The fraction of sp³-hybridized carbons (Fsp3) is 0.545. The van der Waals surface area contributed by atoms with Crippen molar-refractivity contribution in [2.75, 3.05) is 0 Å². The molecule has 1 aromatic carbocycles. The topological polar surface area (TPSA) is 46.9 Å². The molecule has 8 heteroatoms. The van der Waals surface area contributed by atoms with Crippen molar-refractivity contribution in [3.63, 3.8) is 0 Å². The van der Waals surface area contributed by atoms with Crippen molar-refractivity contribution in [3.05, 3.63) is 51.1 Å². The Morgan fingerprint density at radius 3 is 2.57 bits per heavy atom. The van der Waals surface area contributed by atoms with Crippen LogP contribution in [0.15, 0.2) is 6.20 Å². The van der Waals surface area contributed by atoms with E-state index in [1.807, 2.05) is 6.20 Å². The molecule has 0 spiro atoms. The molecule has 4 rings (SSSR count). The number of fused-ring (bicyclic) bond motifs is 1. The summed E-state index contributed by atoms with van der Waals surface area (Å²) in [5.74, 6) is -4.21. The number of hydrogen-bond donors (Lipinski definition) is 1. The predicted octanol–water partition coefficient (Wildman–Crippen LogP) is 5.13. The highest BCUT2D eigenvalue weighted by atomic mass is 35.5. The summed E-state index contributed by atoms with van der Waals surface area (Å²) in [6, 6.07) is -0.149. The molecule has 1 saturated carbocycles. The number of hydrogen-bond acceptors (Lipinski definition) is 2. The average molecular weight is 440 g/mol. The average Bonchev–Trinajstić information content (AvgIpc) is 3.15. The minimum atomic E-state index is -1.40. The van der Waals surface area contributed by atoms with Crippen molar-refractivity contribution in [3.8, 4) is 0 Å². The Morgan fingerprint density at radius 2 is 1.83 bits per heavy atom. The minimum Gasteiger partial charge on any atom is -0.349 e. The van der Waals surface area contributed by atoms with Crippen LogP contribution in [0, 0.1) is 30.3 Å². The van der Waals surface area contributed by atoms with E-state index in [9.17, 15) is 18.0 Å². The van der Waals surface area contributed by atoms with Gasteiger partial charge in [-0.05, 0) is 69.8 Å². The van der Waals surface area contributed by atoms with E-state index in [-0.39, 0.29) is 6.04 Å². The molecule has 30 heavy (non-hydrogen) atoms. The van der Waals surface area contributed by atoms with E-state index >= 15 is 0 Å². The van der Waals surface area contributed by atoms with E-state index in [1.165, 1.54) is 24.1 Å². The molecule has 1 N–H and O–H groups in total. The molecule has 0 radical (unpaired) electrons. The van der Waals surface area contributed by atoms with Crippen molar-refractivity contribution in [2.24, 2.45) is 5.92 Å². The van der Waals surface area contributed by atoms with Crippen LogP contribution in [-0.2, 0) is 19.4 Å². The van der Waals surface area contributed by atoms with Gasteiger partial charge in [-0.25, -0.2) is 13.2 Å². The van der Waals surface area contributed by atoms with Crippen LogP contribution in [0.3, 0.4) is 0 Å². The van der Waals surface area contributed by atoms with Gasteiger partial charge in [-0.1, -0.05) is 11.6 Å². The van der Waals surface area contributed by atoms with Gasteiger partial charge in [0.1, 0.15) is 5.82 Å². The van der Waals surface area contributed by atoms with Crippen LogP contribution in [-0.4, -0.2) is 21.7 Å². The lowest BCUT2D eigenvalue weighted by Crippen LogP contribution is -2.39. The first-order valence-electron chi connectivity index (χ1n) is 10.5. The van der Waals surface area contributed by atoms with Gasteiger partial charge in [-0.3, -0.25) is 9.48 Å². The molecule has 1 aromatic heterocycles. The van der Waals surface area contributed by atoms with Gasteiger partial charge < -0.3 is 5.32 Å². The quantitative estimate of drug-likeness (QED) is 0.530. The molecule has 1 heterocycles. The first kappa shape index (κ1) is 21.2. The Kier molecular flexibility index (Phi) is 6.09. The highest BCUT2D eigenvalue weighted by Gasteiger charge is 2.29. The third-order valence-electron chi connectivity index (χ3n) is 6.47. The molecule has 0 bridgehead atoms. The molecule has 1 fully saturated rings. The van der Waals surface area contributed by atoms with Crippen LogP contribution in [0.5, 0.6) is 0 Å². The third kappa shape index (κ3) is 3.96. The molecule has 0 aliphatic heterocycles. The lowest BCUT2D eigenvalue weighted by Gasteiger charge is -2.30. The summed E-state index contributed by atoms with van der Waals surface area (Å²) in [6.45, 7) is 1.96. The van der Waals surface area contributed by atoms with E-state index in [1.54, 1.807) is 0 Å². The van der Waals surface area contributed by atoms with Gasteiger partial charge in [0, 0.05) is 23.8 Å². The first-order valence-corrected chi connectivity index (χ1v) is 10.9. The number of rotatable bonds is 4. The number of benzene rings is 1. The standard InChI is InChI=1S/C22H25ClF3N3O/c1-12-19(24)17(18(23)21(26)20(12)25)22(30)28-15-8-6-13(7-9-15)11-29-16-5-3-2-4-14(16)10-27-29/h10,13,15H,2-9,11H2,1H3,(H,28,30). The Hall–Kier alpha value is -2.02. The van der Waals surface area contributed by atoms with Gasteiger partial charge in [-0.15, -0.1) is 0 Å². The van der Waals surface area contributed by atoms with Crippen LogP contribution in [0.2, 0.25) is 5.02 Å². The number of aromatic nitrogens is 2. The van der Waals surface area contributed by atoms with Crippen molar-refractivity contribution >= 4 is 17.5 Å². The monoisotopic (exact) mass is 439 g/mol. The van der Waals surface area contributed by atoms with Crippen LogP contribution in [0.1, 0.15) is 65.7 Å². The number of carbonyl (C=O) groups is 1. The molecular weight excluding hydrogens is 415 g/mol. The number of amides is 1. The minimum absolute atomic E-state index is 0.149. The van der Waals surface area contributed by atoms with E-state index < -0.39 is 39.5 Å². The zero-order valence-electron chi connectivity index (χ0n) is 16.9. The molecule has 0 atom stereocenters. The summed E-state index contributed by atoms with van der Waals surface area (Å²) < 4.78 is 44.0. The fourth-order valence-electron chi connectivity index (χ4n) is 4.65. The molecule has 4 nitrogen and oxygen atoms in total. The lowest BCUT2D eigenvalue weighted by atomic mass is 9.85. The molecule has 162 valence electrons. The molecule has 0 saturated heterocycles. The smallest absolute Gasteiger partial charge is 0.256 e. The van der Waals surface area contributed by atoms with Crippen LogP contribution < -0.4 is 5.32 Å². The van der Waals surface area contributed by atoms with Gasteiger partial charge in [0.05, 0.1) is 16.8 Å². The van der Waals surface area contributed by atoms with Crippen LogP contribution in [0.4, 0.5) is 13.2 Å². The van der Waals surface area contributed by atoms with Gasteiger partial charge in [-0.2, -0.15) is 5.10 Å². The number of halogens is 4. The highest BCUT2D eigenvalue weighted by molar-refractivity contribution is 6.34. The fourth-order valence-corrected chi connectivity index (χ4v) is 4.91. The second kappa shape index (κ2) is 8.61. The third-order valence-corrected chi connectivity index (χ3v) is 6.82. The maximum atomic E-state index is 14.4. The molecular formula is C22H25ClF3N3O. The summed E-state index contributed by atoms with van der Waals surface area (Å²) >= 11 is 5.72. The zero-order chi connectivity index (χ0) is 21.4. The van der Waals surface area contributed by atoms with Crippen molar-refractivity contribution in [1.82, 2.24) is 15.1 Å². The molecule has 0 unspecified atom stereocenters. The molecule has 1 amide bonds. The highest BCUT2D eigenvalue weighted by Crippen LogP contribution is 2.31. The van der Waals surface area contributed by atoms with Crippen LogP contribution >= 0.6 is 11.6 Å². The summed E-state index contributed by atoms with van der Waals surface area (Å²) in [5.41, 5.74) is 1.55.